The van der Waals surface area contributed by atoms with E-state index in [2.05, 4.69) is 5.32 Å². The molecule has 0 spiro atoms. The van der Waals surface area contributed by atoms with Crippen molar-refractivity contribution in [1.82, 2.24) is 10.2 Å². The Balaban J connectivity index is 0.00000196. The van der Waals surface area contributed by atoms with Crippen molar-refractivity contribution in [3.8, 4) is 0 Å². The van der Waals surface area contributed by atoms with Crippen LogP contribution in [-0.4, -0.2) is 43.8 Å². The van der Waals surface area contributed by atoms with Crippen LogP contribution in [0.15, 0.2) is 0 Å². The van der Waals surface area contributed by atoms with E-state index < -0.39 is 0 Å². The summed E-state index contributed by atoms with van der Waals surface area (Å²) in [6.07, 6.45) is 3.36. The summed E-state index contributed by atoms with van der Waals surface area (Å²) in [4.78, 5) is 12.9. The van der Waals surface area contributed by atoms with E-state index in [-0.39, 0.29) is 18.5 Å². The van der Waals surface area contributed by atoms with Gasteiger partial charge in [0.15, 0.2) is 0 Å². The van der Waals surface area contributed by atoms with Crippen LogP contribution in [0.25, 0.3) is 0 Å². The normalized spacial score (nSPS) is 20.3. The van der Waals surface area contributed by atoms with Gasteiger partial charge in [-0.1, -0.05) is 6.42 Å². The van der Waals surface area contributed by atoms with Gasteiger partial charge in [-0.15, -0.1) is 12.4 Å². The Morgan fingerprint density at radius 3 is 2.80 bits per heavy atom. The maximum absolute atomic E-state index is 11.3. The minimum atomic E-state index is -0.222. The van der Waals surface area contributed by atoms with Crippen molar-refractivity contribution < 1.29 is 9.53 Å². The minimum Gasteiger partial charge on any atom is -0.448 e. The zero-order valence-corrected chi connectivity index (χ0v) is 10.3. The van der Waals surface area contributed by atoms with Gasteiger partial charge >= 0.3 is 6.09 Å². The van der Waals surface area contributed by atoms with E-state index >= 15 is 0 Å². The van der Waals surface area contributed by atoms with Gasteiger partial charge in [0.2, 0.25) is 0 Å². The highest BCUT2D eigenvalue weighted by molar-refractivity contribution is 5.85. The average molecular weight is 237 g/mol. The van der Waals surface area contributed by atoms with Gasteiger partial charge in [-0.2, -0.15) is 0 Å². The van der Waals surface area contributed by atoms with E-state index in [1.807, 2.05) is 6.92 Å². The summed E-state index contributed by atoms with van der Waals surface area (Å²) >= 11 is 0. The van der Waals surface area contributed by atoms with Crippen LogP contribution in [0.4, 0.5) is 4.79 Å². The Bertz CT molecular complexity index is 184. The van der Waals surface area contributed by atoms with Gasteiger partial charge in [0, 0.05) is 19.6 Å². The molecule has 1 aliphatic heterocycles. The molecule has 0 saturated carbocycles. The van der Waals surface area contributed by atoms with Crippen molar-refractivity contribution in [3.05, 3.63) is 0 Å². The molecule has 1 saturated heterocycles. The minimum absolute atomic E-state index is 0. The van der Waals surface area contributed by atoms with Gasteiger partial charge in [-0.05, 0) is 26.3 Å². The number of nitrogens with one attached hydrogen (secondary N) is 1. The van der Waals surface area contributed by atoms with Crippen molar-refractivity contribution >= 4 is 18.5 Å². The summed E-state index contributed by atoms with van der Waals surface area (Å²) < 4.78 is 5.16. The molecule has 1 unspecified atom stereocenters. The number of carbonyl (C=O) groups is 1. The van der Waals surface area contributed by atoms with Crippen LogP contribution < -0.4 is 5.32 Å². The fourth-order valence-electron chi connectivity index (χ4n) is 1.48. The standard InChI is InChI=1S/C10H20N2O2.ClH/c1-3-12(2)10(13)14-8-9-6-4-5-7-11-9;/h9,11H,3-8H2,1-2H3;1H. The molecule has 15 heavy (non-hydrogen) atoms. The number of hydrogen-bond acceptors (Lipinski definition) is 3. The SMILES string of the molecule is CCN(C)C(=O)OCC1CCCCN1.Cl. The Morgan fingerprint density at radius 2 is 2.27 bits per heavy atom. The largest absolute Gasteiger partial charge is 0.448 e. The first-order valence-corrected chi connectivity index (χ1v) is 5.35. The first kappa shape index (κ1) is 14.5. The molecule has 0 aromatic rings. The van der Waals surface area contributed by atoms with E-state index in [0.717, 1.165) is 13.0 Å². The molecule has 0 aromatic carbocycles. The monoisotopic (exact) mass is 236 g/mol. The summed E-state index contributed by atoms with van der Waals surface area (Å²) in [6, 6.07) is 0.359. The van der Waals surface area contributed by atoms with Gasteiger partial charge in [-0.25, -0.2) is 4.79 Å². The molecule has 1 aliphatic rings. The molecule has 5 heteroatoms. The second kappa shape index (κ2) is 7.77. The van der Waals surface area contributed by atoms with Crippen LogP contribution in [0.3, 0.4) is 0 Å². The number of halogens is 1. The van der Waals surface area contributed by atoms with Crippen molar-refractivity contribution in [2.24, 2.45) is 0 Å². The van der Waals surface area contributed by atoms with Crippen molar-refractivity contribution in [2.75, 3.05) is 26.7 Å². The van der Waals surface area contributed by atoms with Gasteiger partial charge in [0.1, 0.15) is 6.61 Å². The summed E-state index contributed by atoms with van der Waals surface area (Å²) in [5.74, 6) is 0. The molecule has 0 bridgehead atoms. The number of piperidine rings is 1. The maximum Gasteiger partial charge on any atom is 0.409 e. The Kier molecular flexibility index (Phi) is 7.52. The second-order valence-electron chi connectivity index (χ2n) is 3.74. The fraction of sp³-hybridized carbons (Fsp3) is 0.900. The molecule has 1 atom stereocenters. The van der Waals surface area contributed by atoms with Crippen molar-refractivity contribution in [1.29, 1.82) is 0 Å². The van der Waals surface area contributed by atoms with Crippen LogP contribution in [0.2, 0.25) is 0 Å². The number of ether oxygens (including phenoxy) is 1. The predicted octanol–water partition coefficient (Wildman–Crippen LogP) is 1.64. The smallest absolute Gasteiger partial charge is 0.409 e. The first-order valence-electron chi connectivity index (χ1n) is 5.35. The highest BCUT2D eigenvalue weighted by Crippen LogP contribution is 2.07. The molecular weight excluding hydrogens is 216 g/mol. The molecule has 0 aliphatic carbocycles. The van der Waals surface area contributed by atoms with E-state index in [1.165, 1.54) is 12.8 Å². The summed E-state index contributed by atoms with van der Waals surface area (Å²) in [7, 11) is 1.75. The third-order valence-corrected chi connectivity index (χ3v) is 2.61. The lowest BCUT2D eigenvalue weighted by atomic mass is 10.1. The Hall–Kier alpha value is -0.480. The number of carbonyl (C=O) groups excluding carboxylic acids is 1. The van der Waals surface area contributed by atoms with E-state index in [9.17, 15) is 4.79 Å². The van der Waals surface area contributed by atoms with Crippen LogP contribution in [0, 0.1) is 0 Å². The maximum atomic E-state index is 11.3. The average Bonchev–Trinajstić information content (AvgIpc) is 2.26. The zero-order chi connectivity index (χ0) is 10.4. The van der Waals surface area contributed by atoms with E-state index in [4.69, 9.17) is 4.74 Å². The lowest BCUT2D eigenvalue weighted by molar-refractivity contribution is 0.0983. The summed E-state index contributed by atoms with van der Waals surface area (Å²) in [5, 5.41) is 3.34. The molecule has 1 N–H and O–H groups in total. The molecule has 1 amide bonds. The lowest BCUT2D eigenvalue weighted by Crippen LogP contribution is -2.39. The summed E-state index contributed by atoms with van der Waals surface area (Å²) in [6.45, 7) is 4.17. The third-order valence-electron chi connectivity index (χ3n) is 2.61. The lowest BCUT2D eigenvalue weighted by Gasteiger charge is -2.24. The number of hydrogen-bond donors (Lipinski definition) is 1. The van der Waals surface area contributed by atoms with Crippen LogP contribution >= 0.6 is 12.4 Å². The number of rotatable bonds is 3. The van der Waals surface area contributed by atoms with Crippen LogP contribution in [0.5, 0.6) is 0 Å². The second-order valence-corrected chi connectivity index (χ2v) is 3.74. The molecule has 1 rings (SSSR count). The van der Waals surface area contributed by atoms with Crippen molar-refractivity contribution in [2.45, 2.75) is 32.2 Å². The Labute approximate surface area is 97.8 Å². The zero-order valence-electron chi connectivity index (χ0n) is 9.49. The number of amides is 1. The Morgan fingerprint density at radius 1 is 1.53 bits per heavy atom. The molecule has 0 radical (unpaired) electrons. The highest BCUT2D eigenvalue weighted by Gasteiger charge is 2.15. The molecule has 90 valence electrons. The van der Waals surface area contributed by atoms with Gasteiger partial charge in [0.25, 0.3) is 0 Å². The van der Waals surface area contributed by atoms with Crippen LogP contribution in [0.1, 0.15) is 26.2 Å². The van der Waals surface area contributed by atoms with Gasteiger partial charge in [-0.3, -0.25) is 0 Å². The molecule has 0 aromatic heterocycles. The first-order chi connectivity index (χ1) is 6.74. The summed E-state index contributed by atoms with van der Waals surface area (Å²) in [5.41, 5.74) is 0. The quantitative estimate of drug-likeness (QED) is 0.810. The van der Waals surface area contributed by atoms with E-state index in [0.29, 0.717) is 19.2 Å². The van der Waals surface area contributed by atoms with Gasteiger partial charge in [0.05, 0.1) is 0 Å². The molecule has 4 nitrogen and oxygen atoms in total. The van der Waals surface area contributed by atoms with Crippen molar-refractivity contribution in [3.63, 3.8) is 0 Å². The number of nitrogens with zero attached hydrogens (tertiary/aromatic N) is 1. The third kappa shape index (κ3) is 5.23. The fourth-order valence-corrected chi connectivity index (χ4v) is 1.48. The van der Waals surface area contributed by atoms with Crippen LogP contribution in [-0.2, 0) is 4.74 Å². The van der Waals surface area contributed by atoms with Gasteiger partial charge < -0.3 is 15.0 Å². The van der Waals surface area contributed by atoms with E-state index in [1.54, 1.807) is 11.9 Å². The highest BCUT2D eigenvalue weighted by atomic mass is 35.5. The molecule has 1 heterocycles. The predicted molar refractivity (Wildman–Crippen MR) is 62.5 cm³/mol. The topological polar surface area (TPSA) is 41.6 Å². The molecule has 1 fully saturated rings. The molecular formula is C10H21ClN2O2.